The minimum absolute atomic E-state index is 0.205. The summed E-state index contributed by atoms with van der Waals surface area (Å²) in [5.74, 6) is 0.318. The highest BCUT2D eigenvalue weighted by atomic mass is 32.2. The minimum atomic E-state index is -3.54. The van der Waals surface area contributed by atoms with E-state index in [0.29, 0.717) is 17.9 Å². The number of hydrogen-bond acceptors (Lipinski definition) is 4. The smallest absolute Gasteiger partial charge is 0.306 e. The van der Waals surface area contributed by atoms with Crippen LogP contribution < -0.4 is 10.4 Å². The molecule has 2 N–H and O–H groups in total. The average Bonchev–Trinajstić information content (AvgIpc) is 3.02. The van der Waals surface area contributed by atoms with Crippen molar-refractivity contribution in [1.29, 1.82) is 0 Å². The van der Waals surface area contributed by atoms with Gasteiger partial charge in [0.15, 0.2) is 0 Å². The van der Waals surface area contributed by atoms with Gasteiger partial charge in [0.25, 0.3) is 10.0 Å². The van der Waals surface area contributed by atoms with Crippen LogP contribution in [-0.2, 0) is 16.6 Å². The van der Waals surface area contributed by atoms with Crippen molar-refractivity contribution >= 4 is 26.9 Å². The van der Waals surface area contributed by atoms with Gasteiger partial charge < -0.3 is 4.98 Å². The zero-order valence-corrected chi connectivity index (χ0v) is 13.4. The Labute approximate surface area is 137 Å². The molecule has 0 atom stereocenters. The fourth-order valence-corrected chi connectivity index (χ4v) is 4.09. The lowest BCUT2D eigenvalue weighted by Crippen LogP contribution is -2.23. The molecule has 1 aromatic heterocycles. The lowest BCUT2D eigenvalue weighted by molar-refractivity contribution is 0.595. The van der Waals surface area contributed by atoms with Crippen LogP contribution in [0.2, 0.25) is 0 Å². The van der Waals surface area contributed by atoms with E-state index in [0.717, 1.165) is 11.0 Å². The summed E-state index contributed by atoms with van der Waals surface area (Å²) in [4.78, 5) is 19.4. The molecule has 2 heterocycles. The van der Waals surface area contributed by atoms with Gasteiger partial charge in [0.2, 0.25) is 0 Å². The van der Waals surface area contributed by atoms with Crippen LogP contribution in [0.5, 0.6) is 0 Å². The first-order chi connectivity index (χ1) is 11.6. The summed E-state index contributed by atoms with van der Waals surface area (Å²) in [6.07, 6.45) is 0. The maximum atomic E-state index is 12.0. The normalized spacial score (nSPS) is 17.1. The molecular weight excluding hydrogens is 328 g/mol. The zero-order chi connectivity index (χ0) is 16.7. The molecule has 0 spiro atoms. The first kappa shape index (κ1) is 14.7. The van der Waals surface area contributed by atoms with E-state index < -0.39 is 10.0 Å². The Morgan fingerprint density at radius 2 is 1.79 bits per heavy atom. The summed E-state index contributed by atoms with van der Waals surface area (Å²) in [5.41, 5.74) is 1.92. The van der Waals surface area contributed by atoms with Gasteiger partial charge in [0.1, 0.15) is 5.84 Å². The van der Waals surface area contributed by atoms with Gasteiger partial charge in [-0.3, -0.25) is 14.3 Å². The van der Waals surface area contributed by atoms with E-state index in [1.165, 1.54) is 0 Å². The number of rotatable bonds is 3. The highest BCUT2D eigenvalue weighted by Gasteiger charge is 2.29. The van der Waals surface area contributed by atoms with Crippen molar-refractivity contribution in [2.24, 2.45) is 4.99 Å². The number of aliphatic imine (C=N–C) groups is 1. The minimum Gasteiger partial charge on any atom is -0.306 e. The number of hydrogen-bond donors (Lipinski definition) is 2. The third kappa shape index (κ3) is 2.31. The molecule has 0 amide bonds. The van der Waals surface area contributed by atoms with Gasteiger partial charge in [-0.15, -0.1) is 0 Å². The van der Waals surface area contributed by atoms with Crippen LogP contribution in [0.3, 0.4) is 0 Å². The summed E-state index contributed by atoms with van der Waals surface area (Å²) >= 11 is 0. The fraction of sp³-hybridized carbons (Fsp3) is 0.125. The predicted molar refractivity (Wildman–Crippen MR) is 90.7 cm³/mol. The molecule has 0 saturated heterocycles. The van der Waals surface area contributed by atoms with E-state index in [4.69, 9.17) is 0 Å². The summed E-state index contributed by atoms with van der Waals surface area (Å²) in [5, 5.41) is 0. The first-order valence-electron chi connectivity index (χ1n) is 7.40. The summed E-state index contributed by atoms with van der Waals surface area (Å²) < 4.78 is 28.1. The van der Waals surface area contributed by atoms with Gasteiger partial charge in [-0.1, -0.05) is 24.3 Å². The average molecular weight is 342 g/mol. The number of para-hydroxylation sites is 2. The number of fused-ring (bicyclic) bond motifs is 2. The molecule has 4 rings (SSSR count). The summed E-state index contributed by atoms with van der Waals surface area (Å²) in [6, 6.07) is 14.1. The second kappa shape index (κ2) is 5.34. The summed E-state index contributed by atoms with van der Waals surface area (Å²) in [7, 11) is -3.54. The molecule has 1 aliphatic rings. The van der Waals surface area contributed by atoms with Crippen molar-refractivity contribution in [2.75, 3.05) is 6.54 Å². The van der Waals surface area contributed by atoms with Crippen LogP contribution in [0.25, 0.3) is 11.0 Å². The Kier molecular flexibility index (Phi) is 3.27. The van der Waals surface area contributed by atoms with Crippen molar-refractivity contribution in [3.05, 3.63) is 64.6 Å². The molecule has 0 bridgehead atoms. The number of benzene rings is 2. The molecule has 0 unspecified atom stereocenters. The third-order valence-corrected chi connectivity index (χ3v) is 5.33. The monoisotopic (exact) mass is 342 g/mol. The van der Waals surface area contributed by atoms with Crippen LogP contribution in [0.4, 0.5) is 0 Å². The van der Waals surface area contributed by atoms with Crippen molar-refractivity contribution in [1.82, 2.24) is 14.3 Å². The number of sulfonamides is 1. The highest BCUT2D eigenvalue weighted by Crippen LogP contribution is 2.22. The van der Waals surface area contributed by atoms with E-state index in [1.54, 1.807) is 28.8 Å². The van der Waals surface area contributed by atoms with Gasteiger partial charge >= 0.3 is 5.69 Å². The molecule has 3 aromatic rings. The Morgan fingerprint density at radius 1 is 1.04 bits per heavy atom. The highest BCUT2D eigenvalue weighted by molar-refractivity contribution is 7.90. The van der Waals surface area contributed by atoms with E-state index in [9.17, 15) is 13.2 Å². The predicted octanol–water partition coefficient (Wildman–Crippen LogP) is 1.07. The van der Waals surface area contributed by atoms with Crippen molar-refractivity contribution in [3.63, 3.8) is 0 Å². The molecule has 1 aliphatic heterocycles. The maximum Gasteiger partial charge on any atom is 0.326 e. The van der Waals surface area contributed by atoms with Crippen LogP contribution in [0.1, 0.15) is 5.56 Å². The van der Waals surface area contributed by atoms with Crippen LogP contribution in [0.15, 0.2) is 63.2 Å². The van der Waals surface area contributed by atoms with E-state index in [-0.39, 0.29) is 17.1 Å². The number of aromatic nitrogens is 2. The van der Waals surface area contributed by atoms with Gasteiger partial charge in [-0.2, -0.15) is 0 Å². The lowest BCUT2D eigenvalue weighted by atomic mass is 10.2. The molecule has 2 aromatic carbocycles. The first-order valence-corrected chi connectivity index (χ1v) is 8.89. The molecule has 7 nitrogen and oxygen atoms in total. The zero-order valence-electron chi connectivity index (χ0n) is 12.6. The van der Waals surface area contributed by atoms with Crippen LogP contribution in [0, 0.1) is 0 Å². The molecule has 24 heavy (non-hydrogen) atoms. The number of H-pyrrole nitrogens is 1. The second-order valence-corrected chi connectivity index (χ2v) is 7.08. The van der Waals surface area contributed by atoms with E-state index >= 15 is 0 Å². The summed E-state index contributed by atoms with van der Waals surface area (Å²) in [6.45, 7) is 0.643. The standard InChI is InChI=1S/C16H14N4O3S/c21-16-18-12-6-2-3-7-13(12)20(16)10-9-17-15-11-5-1-4-8-14(11)24(22,23)19-15/h1-8H,9-10H2,(H,17,19)(H,18,21). The largest absolute Gasteiger partial charge is 0.326 e. The Hall–Kier alpha value is -2.87. The number of imidazole rings is 1. The Morgan fingerprint density at radius 3 is 2.67 bits per heavy atom. The topological polar surface area (TPSA) is 96.3 Å². The quantitative estimate of drug-likeness (QED) is 0.745. The Balaban J connectivity index is 1.63. The van der Waals surface area contributed by atoms with E-state index in [2.05, 4.69) is 14.7 Å². The van der Waals surface area contributed by atoms with Crippen molar-refractivity contribution < 1.29 is 8.42 Å². The lowest BCUT2D eigenvalue weighted by Gasteiger charge is -2.02. The molecular formula is C16H14N4O3S. The van der Waals surface area contributed by atoms with Crippen LogP contribution in [-0.4, -0.2) is 30.3 Å². The van der Waals surface area contributed by atoms with Gasteiger partial charge in [-0.25, -0.2) is 13.2 Å². The van der Waals surface area contributed by atoms with Gasteiger partial charge in [0, 0.05) is 12.1 Å². The third-order valence-electron chi connectivity index (χ3n) is 3.94. The molecule has 0 saturated carbocycles. The molecule has 0 radical (unpaired) electrons. The van der Waals surface area contributed by atoms with E-state index in [1.807, 2.05) is 24.3 Å². The van der Waals surface area contributed by atoms with Crippen molar-refractivity contribution in [3.8, 4) is 0 Å². The molecule has 8 heteroatoms. The van der Waals surface area contributed by atoms with Crippen LogP contribution >= 0.6 is 0 Å². The molecule has 0 aliphatic carbocycles. The second-order valence-electron chi connectivity index (χ2n) is 5.43. The molecule has 122 valence electrons. The number of nitrogens with zero attached hydrogens (tertiary/aromatic N) is 2. The Bertz CT molecular complexity index is 1130. The van der Waals surface area contributed by atoms with Crippen molar-refractivity contribution in [2.45, 2.75) is 11.4 Å². The SMILES string of the molecule is O=c1[nH]c2ccccc2n1CCN=C1NS(=O)(=O)c2ccccc21. The van der Waals surface area contributed by atoms with Gasteiger partial charge in [0.05, 0.1) is 22.5 Å². The number of nitrogens with one attached hydrogen (secondary N) is 2. The van der Waals surface area contributed by atoms with Gasteiger partial charge in [-0.05, 0) is 24.3 Å². The molecule has 0 fully saturated rings. The number of amidine groups is 1. The maximum absolute atomic E-state index is 12.0. The fourth-order valence-electron chi connectivity index (χ4n) is 2.84. The number of aromatic amines is 1.